The van der Waals surface area contributed by atoms with Gasteiger partial charge in [-0.15, -0.1) is 0 Å². The van der Waals surface area contributed by atoms with Gasteiger partial charge in [-0.2, -0.15) is 17.5 Å². The summed E-state index contributed by atoms with van der Waals surface area (Å²) in [5, 5.41) is 1.78. The lowest BCUT2D eigenvalue weighted by atomic mass is 10.2. The molecule has 1 heterocycles. The summed E-state index contributed by atoms with van der Waals surface area (Å²) in [6, 6.07) is 12.2. The molecule has 0 aliphatic carbocycles. The first-order valence-electron chi connectivity index (χ1n) is 9.70. The fraction of sp³-hybridized carbons (Fsp3) is 0.182. The number of benzene rings is 2. The molecular weight excluding hydrogens is 495 g/mol. The van der Waals surface area contributed by atoms with E-state index in [1.54, 1.807) is 24.3 Å². The van der Waals surface area contributed by atoms with Gasteiger partial charge in [-0.3, -0.25) is 9.78 Å². The molecule has 3 aromatic rings. The highest BCUT2D eigenvalue weighted by Crippen LogP contribution is 2.36. The van der Waals surface area contributed by atoms with E-state index in [0.29, 0.717) is 17.4 Å². The van der Waals surface area contributed by atoms with E-state index < -0.39 is 39.2 Å². The number of nitrogens with zero attached hydrogens (tertiary/aromatic N) is 2. The van der Waals surface area contributed by atoms with Crippen LogP contribution < -0.4 is 10.1 Å². The van der Waals surface area contributed by atoms with Crippen molar-refractivity contribution in [2.24, 2.45) is 0 Å². The molecule has 7 nitrogen and oxygen atoms in total. The minimum atomic E-state index is -4.72. The lowest BCUT2D eigenvalue weighted by Gasteiger charge is -2.22. The maximum absolute atomic E-state index is 13.2. The number of hydrogen-bond acceptors (Lipinski definition) is 5. The summed E-state index contributed by atoms with van der Waals surface area (Å²) in [6.07, 6.45) is -2.18. The number of alkyl halides is 3. The number of pyridine rings is 1. The molecule has 1 aromatic heterocycles. The normalized spacial score (nSPS) is 11.9. The van der Waals surface area contributed by atoms with E-state index in [1.807, 2.05) is 0 Å². The molecule has 0 radical (unpaired) electrons. The molecule has 0 aliphatic rings. The van der Waals surface area contributed by atoms with Crippen molar-refractivity contribution in [3.05, 3.63) is 83.1 Å². The lowest BCUT2D eigenvalue weighted by molar-refractivity contribution is -0.137. The highest BCUT2D eigenvalue weighted by molar-refractivity contribution is 7.89. The molecule has 3 rings (SSSR count). The van der Waals surface area contributed by atoms with Gasteiger partial charge >= 0.3 is 6.18 Å². The molecular formula is C22H19ClF3N3O4S. The first-order valence-corrected chi connectivity index (χ1v) is 11.5. The van der Waals surface area contributed by atoms with Crippen LogP contribution in [0.4, 0.5) is 18.9 Å². The zero-order chi connectivity index (χ0) is 24.9. The van der Waals surface area contributed by atoms with Gasteiger partial charge in [0.1, 0.15) is 10.6 Å². The third-order valence-corrected chi connectivity index (χ3v) is 6.77. The highest BCUT2D eigenvalue weighted by Gasteiger charge is 2.33. The van der Waals surface area contributed by atoms with Crippen molar-refractivity contribution in [3.8, 4) is 5.75 Å². The Morgan fingerprint density at radius 2 is 1.85 bits per heavy atom. The molecule has 0 saturated heterocycles. The van der Waals surface area contributed by atoms with Crippen molar-refractivity contribution < 1.29 is 31.1 Å². The molecule has 0 unspecified atom stereocenters. The summed E-state index contributed by atoms with van der Waals surface area (Å²) in [5.74, 6) is -0.275. The second-order valence-corrected chi connectivity index (χ2v) is 9.40. The number of halogens is 4. The number of ether oxygens (including phenoxy) is 1. The molecule has 2 aromatic carbocycles. The topological polar surface area (TPSA) is 88.6 Å². The van der Waals surface area contributed by atoms with E-state index in [9.17, 15) is 26.4 Å². The third-order valence-electron chi connectivity index (χ3n) is 4.67. The molecule has 0 aliphatic heterocycles. The van der Waals surface area contributed by atoms with Crippen LogP contribution >= 0.6 is 11.6 Å². The number of carbonyl (C=O) groups excluding carboxylic acids is 1. The van der Waals surface area contributed by atoms with Gasteiger partial charge in [0.2, 0.25) is 15.9 Å². The summed E-state index contributed by atoms with van der Waals surface area (Å²) in [4.78, 5) is 16.3. The summed E-state index contributed by atoms with van der Waals surface area (Å²) < 4.78 is 71.7. The monoisotopic (exact) mass is 513 g/mol. The van der Waals surface area contributed by atoms with E-state index >= 15 is 0 Å². The molecule has 0 bridgehead atoms. The van der Waals surface area contributed by atoms with E-state index in [2.05, 4.69) is 10.3 Å². The average molecular weight is 514 g/mol. The SMILES string of the molecule is COc1ccc(CN(CC(=O)Nc2ccc(Cl)c(C(F)(F)F)c2)S(=O)(=O)c2cccnc2)cc1. The predicted octanol–water partition coefficient (Wildman–Crippen LogP) is 4.59. The second kappa shape index (κ2) is 10.4. The Labute approximate surface area is 199 Å². The molecule has 0 spiro atoms. The van der Waals surface area contributed by atoms with E-state index in [-0.39, 0.29) is 17.1 Å². The van der Waals surface area contributed by atoms with Crippen LogP contribution in [0, 0.1) is 0 Å². The molecule has 180 valence electrons. The van der Waals surface area contributed by atoms with Gasteiger partial charge in [-0.1, -0.05) is 23.7 Å². The van der Waals surface area contributed by atoms with Crippen molar-refractivity contribution >= 4 is 33.2 Å². The van der Waals surface area contributed by atoms with Gasteiger partial charge < -0.3 is 10.1 Å². The van der Waals surface area contributed by atoms with E-state index in [1.165, 1.54) is 31.5 Å². The Hall–Kier alpha value is -3.15. The third kappa shape index (κ3) is 6.25. The number of nitrogens with one attached hydrogen (secondary N) is 1. The number of aromatic nitrogens is 1. The number of hydrogen-bond donors (Lipinski definition) is 1. The smallest absolute Gasteiger partial charge is 0.417 e. The maximum atomic E-state index is 13.2. The summed E-state index contributed by atoms with van der Waals surface area (Å²) in [6.45, 7) is -0.837. The largest absolute Gasteiger partial charge is 0.497 e. The number of rotatable bonds is 8. The van der Waals surface area contributed by atoms with Crippen molar-refractivity contribution in [1.82, 2.24) is 9.29 Å². The molecule has 0 atom stereocenters. The van der Waals surface area contributed by atoms with Crippen molar-refractivity contribution in [2.45, 2.75) is 17.6 Å². The van der Waals surface area contributed by atoms with Crippen molar-refractivity contribution in [3.63, 3.8) is 0 Å². The number of anilines is 1. The standard InChI is InChI=1S/C22H19ClF3N3O4S/c1-33-17-7-4-15(5-8-17)13-29(34(31,32)18-3-2-10-27-12-18)14-21(30)28-16-6-9-20(23)19(11-16)22(24,25)26/h2-12H,13-14H2,1H3,(H,28,30). The van der Waals surface area contributed by atoms with Crippen molar-refractivity contribution in [2.75, 3.05) is 19.0 Å². The van der Waals surface area contributed by atoms with Crippen molar-refractivity contribution in [1.29, 1.82) is 0 Å². The van der Waals surface area contributed by atoms with E-state index in [0.717, 1.165) is 16.6 Å². The number of carbonyl (C=O) groups is 1. The van der Waals surface area contributed by atoms with Crippen LogP contribution in [0.5, 0.6) is 5.75 Å². The maximum Gasteiger partial charge on any atom is 0.417 e. The molecule has 0 saturated carbocycles. The van der Waals surface area contributed by atoms with Crippen LogP contribution in [0.1, 0.15) is 11.1 Å². The van der Waals surface area contributed by atoms with Gasteiger partial charge in [0, 0.05) is 24.6 Å². The Morgan fingerprint density at radius 1 is 1.15 bits per heavy atom. The molecule has 34 heavy (non-hydrogen) atoms. The predicted molar refractivity (Wildman–Crippen MR) is 120 cm³/mol. The molecule has 0 fully saturated rings. The summed E-state index contributed by atoms with van der Waals surface area (Å²) in [7, 11) is -2.68. The minimum absolute atomic E-state index is 0.137. The van der Waals surface area contributed by atoms with Gasteiger partial charge in [-0.05, 0) is 48.0 Å². The Morgan fingerprint density at radius 3 is 2.44 bits per heavy atom. The fourth-order valence-electron chi connectivity index (χ4n) is 2.99. The molecule has 1 amide bonds. The quantitative estimate of drug-likeness (QED) is 0.476. The zero-order valence-corrected chi connectivity index (χ0v) is 19.3. The van der Waals surface area contributed by atoms with Crippen LogP contribution in [0.3, 0.4) is 0 Å². The van der Waals surface area contributed by atoms with Gasteiger partial charge in [0.05, 0.1) is 24.2 Å². The first kappa shape index (κ1) is 25.5. The number of sulfonamides is 1. The first-order chi connectivity index (χ1) is 16.0. The summed E-state index contributed by atoms with van der Waals surface area (Å²) in [5.41, 5.74) is -0.734. The second-order valence-electron chi connectivity index (χ2n) is 7.05. The minimum Gasteiger partial charge on any atom is -0.497 e. The van der Waals surface area contributed by atoms with Crippen LogP contribution in [0.15, 0.2) is 71.9 Å². The number of amides is 1. The fourth-order valence-corrected chi connectivity index (χ4v) is 4.56. The Balaban J connectivity index is 1.87. The summed E-state index contributed by atoms with van der Waals surface area (Å²) >= 11 is 5.61. The van der Waals surface area contributed by atoms with Gasteiger partial charge in [0.25, 0.3) is 0 Å². The highest BCUT2D eigenvalue weighted by atomic mass is 35.5. The molecule has 12 heteroatoms. The van der Waals surface area contributed by atoms with Crippen LogP contribution in [-0.4, -0.2) is 37.3 Å². The molecule has 1 N–H and O–H groups in total. The van der Waals surface area contributed by atoms with Crippen LogP contribution in [-0.2, 0) is 27.5 Å². The van der Waals surface area contributed by atoms with Crippen LogP contribution in [0.25, 0.3) is 0 Å². The van der Waals surface area contributed by atoms with E-state index in [4.69, 9.17) is 16.3 Å². The lowest BCUT2D eigenvalue weighted by Crippen LogP contribution is -2.37. The van der Waals surface area contributed by atoms with Crippen LogP contribution in [0.2, 0.25) is 5.02 Å². The van der Waals surface area contributed by atoms with Gasteiger partial charge in [-0.25, -0.2) is 8.42 Å². The Bertz CT molecular complexity index is 1250. The zero-order valence-electron chi connectivity index (χ0n) is 17.7. The average Bonchev–Trinajstić information content (AvgIpc) is 2.80. The Kier molecular flexibility index (Phi) is 7.80. The van der Waals surface area contributed by atoms with Gasteiger partial charge in [0.15, 0.2) is 0 Å². The number of methoxy groups -OCH3 is 1.